The maximum Gasteiger partial charge on any atom is 0.251 e. The Balaban J connectivity index is 2.30. The van der Waals surface area contributed by atoms with Crippen molar-refractivity contribution in [1.29, 1.82) is 0 Å². The minimum absolute atomic E-state index is 0.158. The van der Waals surface area contributed by atoms with Gasteiger partial charge in [0.1, 0.15) is 0 Å². The second-order valence-electron chi connectivity index (χ2n) is 9.66. The molecule has 6 heteroatoms. The van der Waals surface area contributed by atoms with Crippen LogP contribution in [0.4, 0.5) is 11.4 Å². The average molecular weight is 388 g/mol. The summed E-state index contributed by atoms with van der Waals surface area (Å²) in [6.45, 7) is 10.9. The van der Waals surface area contributed by atoms with Crippen LogP contribution in [0.1, 0.15) is 77.6 Å². The third-order valence-corrected chi connectivity index (χ3v) is 4.76. The van der Waals surface area contributed by atoms with E-state index in [1.54, 1.807) is 18.2 Å². The van der Waals surface area contributed by atoms with Gasteiger partial charge in [-0.15, -0.1) is 0 Å². The van der Waals surface area contributed by atoms with E-state index in [1.807, 2.05) is 41.5 Å². The molecule has 1 fully saturated rings. The lowest BCUT2D eigenvalue weighted by Gasteiger charge is -2.21. The smallest absolute Gasteiger partial charge is 0.251 e. The largest absolute Gasteiger partial charge is 0.349 e. The highest BCUT2D eigenvalue weighted by Crippen LogP contribution is 2.25. The minimum Gasteiger partial charge on any atom is -0.349 e. The van der Waals surface area contributed by atoms with Crippen LogP contribution in [-0.4, -0.2) is 23.8 Å². The van der Waals surface area contributed by atoms with E-state index in [4.69, 9.17) is 0 Å². The first-order valence-electron chi connectivity index (χ1n) is 9.95. The Morgan fingerprint density at radius 3 is 1.61 bits per heavy atom. The van der Waals surface area contributed by atoms with E-state index in [1.165, 1.54) is 0 Å². The zero-order valence-corrected chi connectivity index (χ0v) is 17.9. The molecule has 1 aromatic carbocycles. The molecular formula is C22H33N3O3. The molecule has 6 nitrogen and oxygen atoms in total. The van der Waals surface area contributed by atoms with Gasteiger partial charge in [-0.05, 0) is 31.0 Å². The van der Waals surface area contributed by atoms with Gasteiger partial charge in [0.05, 0.1) is 0 Å². The topological polar surface area (TPSA) is 87.3 Å². The normalized spacial score (nSPS) is 15.2. The second kappa shape index (κ2) is 8.33. The summed E-state index contributed by atoms with van der Waals surface area (Å²) in [5.41, 5.74) is 0.252. The Kier molecular flexibility index (Phi) is 6.52. The highest BCUT2D eigenvalue weighted by molar-refractivity contribution is 6.02. The van der Waals surface area contributed by atoms with Gasteiger partial charge in [-0.3, -0.25) is 14.4 Å². The van der Waals surface area contributed by atoms with Crippen LogP contribution in [0.25, 0.3) is 0 Å². The standard InChI is InChI=1S/C22H33N3O3/c1-21(2,3)19(27)24-16-11-14(18(26)23-15-9-7-8-10-15)12-17(13-16)25-20(28)22(4,5)6/h11-13,15H,7-10H2,1-6H3,(H,23,26)(H,24,27)(H,25,28). The van der Waals surface area contributed by atoms with Gasteiger partial charge in [-0.1, -0.05) is 54.4 Å². The molecule has 0 saturated heterocycles. The number of carbonyl (C=O) groups is 3. The predicted octanol–water partition coefficient (Wildman–Crippen LogP) is 4.33. The highest BCUT2D eigenvalue weighted by atomic mass is 16.2. The molecular weight excluding hydrogens is 354 g/mol. The van der Waals surface area contributed by atoms with Crippen LogP contribution in [0, 0.1) is 10.8 Å². The van der Waals surface area contributed by atoms with E-state index >= 15 is 0 Å². The molecule has 0 radical (unpaired) electrons. The lowest BCUT2D eigenvalue weighted by atomic mass is 9.95. The Bertz CT molecular complexity index is 705. The van der Waals surface area contributed by atoms with Crippen LogP contribution >= 0.6 is 0 Å². The Labute approximate surface area is 167 Å². The minimum atomic E-state index is -0.572. The Morgan fingerprint density at radius 1 is 0.786 bits per heavy atom. The summed E-state index contributed by atoms with van der Waals surface area (Å²) < 4.78 is 0. The van der Waals surface area contributed by atoms with Crippen molar-refractivity contribution in [3.63, 3.8) is 0 Å². The summed E-state index contributed by atoms with van der Waals surface area (Å²) in [7, 11) is 0. The van der Waals surface area contributed by atoms with Crippen molar-refractivity contribution in [3.05, 3.63) is 23.8 Å². The SMILES string of the molecule is CC(C)(C)C(=O)Nc1cc(NC(=O)C(C)(C)C)cc(C(=O)NC2CCCC2)c1. The number of amides is 3. The fraction of sp³-hybridized carbons (Fsp3) is 0.591. The summed E-state index contributed by atoms with van der Waals surface area (Å²) in [5, 5.41) is 8.76. The van der Waals surface area contributed by atoms with Crippen molar-refractivity contribution >= 4 is 29.1 Å². The molecule has 3 N–H and O–H groups in total. The highest BCUT2D eigenvalue weighted by Gasteiger charge is 2.24. The first-order valence-corrected chi connectivity index (χ1v) is 9.95. The Hall–Kier alpha value is -2.37. The lowest BCUT2D eigenvalue weighted by molar-refractivity contribution is -0.123. The molecule has 28 heavy (non-hydrogen) atoms. The maximum absolute atomic E-state index is 12.7. The van der Waals surface area contributed by atoms with E-state index in [0.717, 1.165) is 25.7 Å². The van der Waals surface area contributed by atoms with Crippen LogP contribution in [0.15, 0.2) is 18.2 Å². The number of rotatable bonds is 4. The van der Waals surface area contributed by atoms with E-state index < -0.39 is 10.8 Å². The molecule has 0 unspecified atom stereocenters. The lowest BCUT2D eigenvalue weighted by Crippen LogP contribution is -2.33. The molecule has 0 bridgehead atoms. The number of anilines is 2. The Morgan fingerprint density at radius 2 is 1.21 bits per heavy atom. The quantitative estimate of drug-likeness (QED) is 0.719. The molecule has 3 amide bonds. The zero-order valence-electron chi connectivity index (χ0n) is 17.9. The predicted molar refractivity (Wildman–Crippen MR) is 112 cm³/mol. The summed E-state index contributed by atoms with van der Waals surface area (Å²) >= 11 is 0. The number of benzene rings is 1. The van der Waals surface area contributed by atoms with Crippen LogP contribution in [0.5, 0.6) is 0 Å². The molecule has 0 heterocycles. The second-order valence-corrected chi connectivity index (χ2v) is 9.66. The van der Waals surface area contributed by atoms with Crippen molar-refractivity contribution in [2.24, 2.45) is 10.8 Å². The molecule has 0 spiro atoms. The summed E-state index contributed by atoms with van der Waals surface area (Å²) in [5.74, 6) is -0.507. The van der Waals surface area contributed by atoms with Gasteiger partial charge in [0.2, 0.25) is 11.8 Å². The molecule has 1 aromatic rings. The molecule has 0 atom stereocenters. The van der Waals surface area contributed by atoms with Crippen molar-refractivity contribution in [3.8, 4) is 0 Å². The van der Waals surface area contributed by atoms with Gasteiger partial charge in [0.15, 0.2) is 0 Å². The van der Waals surface area contributed by atoms with Gasteiger partial charge >= 0.3 is 0 Å². The van der Waals surface area contributed by atoms with Gasteiger partial charge in [0, 0.05) is 33.8 Å². The van der Waals surface area contributed by atoms with Crippen LogP contribution in [0.2, 0.25) is 0 Å². The molecule has 2 rings (SSSR count). The fourth-order valence-corrected chi connectivity index (χ4v) is 2.88. The molecule has 154 valence electrons. The summed E-state index contributed by atoms with van der Waals surface area (Å²) in [6, 6.07) is 5.17. The maximum atomic E-state index is 12.7. The van der Waals surface area contributed by atoms with Crippen molar-refractivity contribution in [2.45, 2.75) is 73.3 Å². The van der Waals surface area contributed by atoms with Gasteiger partial charge in [-0.2, -0.15) is 0 Å². The molecule has 1 aliphatic rings. The fourth-order valence-electron chi connectivity index (χ4n) is 2.88. The third-order valence-electron chi connectivity index (χ3n) is 4.76. The van der Waals surface area contributed by atoms with E-state index in [-0.39, 0.29) is 23.8 Å². The van der Waals surface area contributed by atoms with E-state index in [9.17, 15) is 14.4 Å². The summed E-state index contributed by atoms with van der Waals surface area (Å²) in [6.07, 6.45) is 4.22. The number of hydrogen-bond acceptors (Lipinski definition) is 3. The van der Waals surface area contributed by atoms with E-state index in [0.29, 0.717) is 16.9 Å². The van der Waals surface area contributed by atoms with Crippen molar-refractivity contribution in [1.82, 2.24) is 5.32 Å². The average Bonchev–Trinajstić information content (AvgIpc) is 3.05. The summed E-state index contributed by atoms with van der Waals surface area (Å²) in [4.78, 5) is 37.5. The monoisotopic (exact) mass is 387 g/mol. The first kappa shape index (κ1) is 21.9. The van der Waals surface area contributed by atoms with E-state index in [2.05, 4.69) is 16.0 Å². The van der Waals surface area contributed by atoms with Gasteiger partial charge in [-0.25, -0.2) is 0 Å². The van der Waals surface area contributed by atoms with Crippen LogP contribution in [-0.2, 0) is 9.59 Å². The van der Waals surface area contributed by atoms with Crippen molar-refractivity contribution < 1.29 is 14.4 Å². The molecule has 1 saturated carbocycles. The zero-order chi connectivity index (χ0) is 21.1. The third kappa shape index (κ3) is 6.08. The number of carbonyl (C=O) groups excluding carboxylic acids is 3. The molecule has 0 aromatic heterocycles. The molecule has 0 aliphatic heterocycles. The molecule has 1 aliphatic carbocycles. The van der Waals surface area contributed by atoms with Gasteiger partial charge < -0.3 is 16.0 Å². The van der Waals surface area contributed by atoms with Crippen molar-refractivity contribution in [2.75, 3.05) is 10.6 Å². The first-order chi connectivity index (χ1) is 12.9. The van der Waals surface area contributed by atoms with Crippen LogP contribution in [0.3, 0.4) is 0 Å². The number of nitrogens with one attached hydrogen (secondary N) is 3. The van der Waals surface area contributed by atoms with Gasteiger partial charge in [0.25, 0.3) is 5.91 Å². The number of hydrogen-bond donors (Lipinski definition) is 3. The van der Waals surface area contributed by atoms with Crippen LogP contribution < -0.4 is 16.0 Å².